The van der Waals surface area contributed by atoms with Crippen LogP contribution in [-0.2, 0) is 4.79 Å². The van der Waals surface area contributed by atoms with E-state index in [9.17, 15) is 4.79 Å². The third-order valence-corrected chi connectivity index (χ3v) is 3.69. The number of nitrogens with one attached hydrogen (secondary N) is 2. The van der Waals surface area contributed by atoms with Crippen molar-refractivity contribution in [3.8, 4) is 0 Å². The highest BCUT2D eigenvalue weighted by Crippen LogP contribution is 2.10. The molecule has 0 radical (unpaired) electrons. The van der Waals surface area contributed by atoms with Gasteiger partial charge in [-0.2, -0.15) is 0 Å². The first-order valence-corrected chi connectivity index (χ1v) is 8.06. The molecule has 0 fully saturated rings. The highest BCUT2D eigenvalue weighted by molar-refractivity contribution is 5.78. The van der Waals surface area contributed by atoms with E-state index in [1.54, 1.807) is 0 Å². The van der Waals surface area contributed by atoms with Gasteiger partial charge in [0.2, 0.25) is 5.91 Å². The fraction of sp³-hybridized carbons (Fsp3) is 0.611. The van der Waals surface area contributed by atoms with Crippen LogP contribution in [0.5, 0.6) is 0 Å². The predicted octanol–water partition coefficient (Wildman–Crippen LogP) is 3.67. The van der Waals surface area contributed by atoms with Crippen molar-refractivity contribution in [2.24, 2.45) is 5.92 Å². The lowest BCUT2D eigenvalue weighted by Gasteiger charge is -2.17. The molecule has 1 aromatic carbocycles. The van der Waals surface area contributed by atoms with Gasteiger partial charge in [0.25, 0.3) is 0 Å². The second kappa shape index (κ2) is 9.56. The second-order valence-electron chi connectivity index (χ2n) is 6.31. The summed E-state index contributed by atoms with van der Waals surface area (Å²) in [6.45, 7) is 8.99. The van der Waals surface area contributed by atoms with E-state index < -0.39 is 0 Å². The molecule has 2 unspecified atom stereocenters. The molecule has 1 rings (SSSR count). The predicted molar refractivity (Wildman–Crippen MR) is 89.2 cm³/mol. The smallest absolute Gasteiger partial charge is 0.234 e. The summed E-state index contributed by atoms with van der Waals surface area (Å²) in [5.41, 5.74) is 1.20. The molecule has 0 heterocycles. The number of hydrogen-bond donors (Lipinski definition) is 2. The fourth-order valence-corrected chi connectivity index (χ4v) is 2.34. The zero-order valence-electron chi connectivity index (χ0n) is 13.9. The number of rotatable bonds is 9. The van der Waals surface area contributed by atoms with Crippen LogP contribution < -0.4 is 10.6 Å². The Morgan fingerprint density at radius 3 is 2.33 bits per heavy atom. The van der Waals surface area contributed by atoms with E-state index in [0.29, 0.717) is 6.54 Å². The Hall–Kier alpha value is -1.35. The molecule has 2 atom stereocenters. The van der Waals surface area contributed by atoms with Gasteiger partial charge in [0.1, 0.15) is 0 Å². The van der Waals surface area contributed by atoms with E-state index >= 15 is 0 Å². The van der Waals surface area contributed by atoms with Crippen LogP contribution in [0.25, 0.3) is 0 Å². The van der Waals surface area contributed by atoms with E-state index in [0.717, 1.165) is 12.3 Å². The van der Waals surface area contributed by atoms with Crippen molar-refractivity contribution in [1.82, 2.24) is 10.6 Å². The van der Waals surface area contributed by atoms with E-state index in [1.165, 1.54) is 18.4 Å². The molecule has 2 N–H and O–H groups in total. The molecule has 0 saturated heterocycles. The first-order chi connectivity index (χ1) is 9.99. The quantitative estimate of drug-likeness (QED) is 0.728. The maximum atomic E-state index is 11.9. The van der Waals surface area contributed by atoms with Gasteiger partial charge in [0.05, 0.1) is 6.54 Å². The number of hydrogen-bond acceptors (Lipinski definition) is 2. The van der Waals surface area contributed by atoms with Crippen LogP contribution in [-0.4, -0.2) is 18.5 Å². The average Bonchev–Trinajstić information content (AvgIpc) is 2.45. The molecule has 0 aliphatic rings. The van der Waals surface area contributed by atoms with Crippen molar-refractivity contribution in [3.63, 3.8) is 0 Å². The lowest BCUT2D eigenvalue weighted by Crippen LogP contribution is -2.39. The summed E-state index contributed by atoms with van der Waals surface area (Å²) in [5.74, 6) is 0.816. The molecule has 0 aromatic heterocycles. The van der Waals surface area contributed by atoms with Gasteiger partial charge in [-0.05, 0) is 31.7 Å². The minimum Gasteiger partial charge on any atom is -0.353 e. The second-order valence-corrected chi connectivity index (χ2v) is 6.31. The van der Waals surface area contributed by atoms with Crippen molar-refractivity contribution in [1.29, 1.82) is 0 Å². The summed E-state index contributed by atoms with van der Waals surface area (Å²) < 4.78 is 0. The minimum absolute atomic E-state index is 0.0785. The number of carbonyl (C=O) groups excluding carboxylic acids is 1. The Kier molecular flexibility index (Phi) is 8.06. The van der Waals surface area contributed by atoms with Gasteiger partial charge in [-0.1, -0.05) is 57.0 Å². The van der Waals surface area contributed by atoms with Crippen LogP contribution >= 0.6 is 0 Å². The van der Waals surface area contributed by atoms with Gasteiger partial charge in [-0.3, -0.25) is 4.79 Å². The van der Waals surface area contributed by atoms with Crippen LogP contribution in [0, 0.1) is 5.92 Å². The summed E-state index contributed by atoms with van der Waals surface area (Å²) >= 11 is 0. The van der Waals surface area contributed by atoms with Crippen molar-refractivity contribution in [3.05, 3.63) is 35.9 Å². The molecule has 0 spiro atoms. The van der Waals surface area contributed by atoms with Crippen molar-refractivity contribution in [2.45, 2.75) is 59.0 Å². The largest absolute Gasteiger partial charge is 0.353 e. The van der Waals surface area contributed by atoms with Gasteiger partial charge >= 0.3 is 0 Å². The van der Waals surface area contributed by atoms with Crippen LogP contribution in [0.3, 0.4) is 0 Å². The van der Waals surface area contributed by atoms with Gasteiger partial charge in [-0.15, -0.1) is 0 Å². The maximum absolute atomic E-state index is 11.9. The zero-order valence-corrected chi connectivity index (χ0v) is 13.9. The van der Waals surface area contributed by atoms with Crippen molar-refractivity contribution < 1.29 is 4.79 Å². The van der Waals surface area contributed by atoms with E-state index in [2.05, 4.69) is 50.5 Å². The lowest BCUT2D eigenvalue weighted by molar-refractivity contribution is -0.121. The Morgan fingerprint density at radius 1 is 1.05 bits per heavy atom. The topological polar surface area (TPSA) is 41.1 Å². The third kappa shape index (κ3) is 7.86. The highest BCUT2D eigenvalue weighted by atomic mass is 16.1. The molecule has 3 heteroatoms. The van der Waals surface area contributed by atoms with Gasteiger partial charge in [-0.25, -0.2) is 0 Å². The SMILES string of the molecule is CC(C)CCCC(C)NC(=O)CNC(C)c1ccccc1. The first kappa shape index (κ1) is 17.7. The molecule has 118 valence electrons. The molecular formula is C18H30N2O. The van der Waals surface area contributed by atoms with Crippen LogP contribution in [0.2, 0.25) is 0 Å². The van der Waals surface area contributed by atoms with Crippen molar-refractivity contribution in [2.75, 3.05) is 6.54 Å². The van der Waals surface area contributed by atoms with Gasteiger partial charge in [0, 0.05) is 12.1 Å². The Balaban J connectivity index is 2.21. The summed E-state index contributed by atoms with van der Waals surface area (Å²) in [6, 6.07) is 10.6. The normalized spacial score (nSPS) is 14.0. The molecule has 0 bridgehead atoms. The molecule has 3 nitrogen and oxygen atoms in total. The Bertz CT molecular complexity index is 403. The van der Waals surface area contributed by atoms with E-state index in [-0.39, 0.29) is 18.0 Å². The van der Waals surface area contributed by atoms with Gasteiger partial charge < -0.3 is 10.6 Å². The monoisotopic (exact) mass is 290 g/mol. The third-order valence-electron chi connectivity index (χ3n) is 3.69. The van der Waals surface area contributed by atoms with Crippen LogP contribution in [0.4, 0.5) is 0 Å². The summed E-state index contributed by atoms with van der Waals surface area (Å²) in [5, 5.41) is 6.33. The van der Waals surface area contributed by atoms with Gasteiger partial charge in [0.15, 0.2) is 0 Å². The lowest BCUT2D eigenvalue weighted by atomic mass is 10.0. The molecular weight excluding hydrogens is 260 g/mol. The Morgan fingerprint density at radius 2 is 1.71 bits per heavy atom. The van der Waals surface area contributed by atoms with Crippen LogP contribution in [0.1, 0.15) is 58.6 Å². The highest BCUT2D eigenvalue weighted by Gasteiger charge is 2.10. The molecule has 0 aliphatic heterocycles. The fourth-order valence-electron chi connectivity index (χ4n) is 2.34. The summed E-state index contributed by atoms with van der Waals surface area (Å²) in [6.07, 6.45) is 3.45. The molecule has 1 aromatic rings. The van der Waals surface area contributed by atoms with Crippen molar-refractivity contribution >= 4 is 5.91 Å². The standard InChI is InChI=1S/C18H30N2O/c1-14(2)9-8-10-15(3)20-18(21)13-19-16(4)17-11-6-5-7-12-17/h5-7,11-12,14-16,19H,8-10,13H2,1-4H3,(H,20,21). The summed E-state index contributed by atoms with van der Waals surface area (Å²) in [4.78, 5) is 11.9. The molecule has 0 saturated carbocycles. The number of amides is 1. The number of benzene rings is 1. The minimum atomic E-state index is 0.0785. The average molecular weight is 290 g/mol. The molecule has 21 heavy (non-hydrogen) atoms. The molecule has 1 amide bonds. The first-order valence-electron chi connectivity index (χ1n) is 8.06. The van der Waals surface area contributed by atoms with E-state index in [1.807, 2.05) is 18.2 Å². The van der Waals surface area contributed by atoms with E-state index in [4.69, 9.17) is 0 Å². The van der Waals surface area contributed by atoms with Crippen LogP contribution in [0.15, 0.2) is 30.3 Å². The zero-order chi connectivity index (χ0) is 15.7. The number of carbonyl (C=O) groups is 1. The summed E-state index contributed by atoms with van der Waals surface area (Å²) in [7, 11) is 0. The Labute approximate surface area is 129 Å². The molecule has 0 aliphatic carbocycles. The maximum Gasteiger partial charge on any atom is 0.234 e.